The molecule has 0 aliphatic rings. The van der Waals surface area contributed by atoms with Crippen LogP contribution in [0, 0.1) is 0 Å². The molecule has 0 saturated heterocycles. The molecule has 0 spiro atoms. The topological polar surface area (TPSA) is 70.2 Å². The number of urea groups is 1. The Bertz CT molecular complexity index is 220. The fourth-order valence-corrected chi connectivity index (χ4v) is 1.37. The van der Waals surface area contributed by atoms with Gasteiger partial charge in [0.05, 0.1) is 0 Å². The van der Waals surface area contributed by atoms with Crippen LogP contribution in [0.1, 0.15) is 45.4 Å². The van der Waals surface area contributed by atoms with E-state index in [4.69, 9.17) is 0 Å². The van der Waals surface area contributed by atoms with Crippen LogP contribution in [0.2, 0.25) is 0 Å². The molecule has 0 saturated carbocycles. The van der Waals surface area contributed by atoms with E-state index in [1.54, 1.807) is 7.05 Å². The molecule has 0 aromatic rings. The van der Waals surface area contributed by atoms with Crippen LogP contribution < -0.4 is 16.0 Å². The molecule has 0 heterocycles. The van der Waals surface area contributed by atoms with E-state index < -0.39 is 0 Å². The van der Waals surface area contributed by atoms with E-state index in [1.807, 2.05) is 0 Å². The van der Waals surface area contributed by atoms with Gasteiger partial charge in [-0.1, -0.05) is 13.3 Å². The lowest BCUT2D eigenvalue weighted by Crippen LogP contribution is -2.33. The summed E-state index contributed by atoms with van der Waals surface area (Å²) in [7, 11) is 1.60. The van der Waals surface area contributed by atoms with Crippen LogP contribution in [0.5, 0.6) is 0 Å². The molecule has 0 rings (SSSR count). The van der Waals surface area contributed by atoms with Gasteiger partial charge < -0.3 is 16.0 Å². The number of hydrogen-bond donors (Lipinski definition) is 3. The number of hydrogen-bond acceptors (Lipinski definition) is 2. The molecule has 0 aromatic heterocycles. The lowest BCUT2D eigenvalue weighted by molar-refractivity contribution is -0.121. The van der Waals surface area contributed by atoms with Gasteiger partial charge in [0.15, 0.2) is 0 Å². The van der Waals surface area contributed by atoms with Gasteiger partial charge in [0.2, 0.25) is 5.91 Å². The first kappa shape index (κ1) is 15.7. The molecule has 5 heteroatoms. The first-order chi connectivity index (χ1) is 8.20. The molecule has 0 fully saturated rings. The van der Waals surface area contributed by atoms with Gasteiger partial charge in [-0.25, -0.2) is 4.79 Å². The summed E-state index contributed by atoms with van der Waals surface area (Å²) >= 11 is 0. The molecule has 0 aliphatic carbocycles. The normalized spacial score (nSPS) is 9.76. The maximum absolute atomic E-state index is 11.2. The summed E-state index contributed by atoms with van der Waals surface area (Å²) in [6.45, 7) is 3.50. The van der Waals surface area contributed by atoms with E-state index in [0.717, 1.165) is 38.6 Å². The summed E-state index contributed by atoms with van der Waals surface area (Å²) in [4.78, 5) is 22.1. The van der Waals surface area contributed by atoms with Crippen molar-refractivity contribution in [2.45, 2.75) is 45.4 Å². The zero-order chi connectivity index (χ0) is 12.9. The Kier molecular flexibility index (Phi) is 10.4. The summed E-state index contributed by atoms with van der Waals surface area (Å²) in [6.07, 6.45) is 5.57. The van der Waals surface area contributed by atoms with E-state index in [0.29, 0.717) is 13.0 Å². The SMILES string of the molecule is CCCCC(=O)NCCCCCNC(=O)NC. The summed E-state index contributed by atoms with van der Waals surface area (Å²) in [6, 6.07) is -0.141. The Balaban J connectivity index is 3.18. The summed E-state index contributed by atoms with van der Waals surface area (Å²) in [5.74, 6) is 0.148. The number of rotatable bonds is 9. The molecule has 0 bridgehead atoms. The van der Waals surface area contributed by atoms with Crippen molar-refractivity contribution in [3.8, 4) is 0 Å². The maximum atomic E-state index is 11.2. The Morgan fingerprint density at radius 2 is 1.59 bits per heavy atom. The van der Waals surface area contributed by atoms with E-state index in [-0.39, 0.29) is 11.9 Å². The smallest absolute Gasteiger partial charge is 0.314 e. The minimum atomic E-state index is -0.141. The third kappa shape index (κ3) is 11.0. The average Bonchev–Trinajstić information content (AvgIpc) is 2.34. The lowest BCUT2D eigenvalue weighted by Gasteiger charge is -2.05. The van der Waals surface area contributed by atoms with Gasteiger partial charge in [-0.2, -0.15) is 0 Å². The van der Waals surface area contributed by atoms with Crippen LogP contribution in [-0.2, 0) is 4.79 Å². The third-order valence-corrected chi connectivity index (χ3v) is 2.45. The highest BCUT2D eigenvalue weighted by molar-refractivity contribution is 5.75. The van der Waals surface area contributed by atoms with Crippen LogP contribution in [0.15, 0.2) is 0 Å². The lowest BCUT2D eigenvalue weighted by atomic mass is 10.2. The molecular formula is C12H25N3O2. The van der Waals surface area contributed by atoms with E-state index in [2.05, 4.69) is 22.9 Å². The zero-order valence-electron chi connectivity index (χ0n) is 11.0. The molecule has 17 heavy (non-hydrogen) atoms. The predicted molar refractivity (Wildman–Crippen MR) is 68.8 cm³/mol. The molecule has 0 radical (unpaired) electrons. The number of amides is 3. The van der Waals surface area contributed by atoms with Gasteiger partial charge >= 0.3 is 6.03 Å². The van der Waals surface area contributed by atoms with Crippen LogP contribution in [0.3, 0.4) is 0 Å². The van der Waals surface area contributed by atoms with E-state index >= 15 is 0 Å². The maximum Gasteiger partial charge on any atom is 0.314 e. The Morgan fingerprint density at radius 1 is 0.941 bits per heavy atom. The first-order valence-corrected chi connectivity index (χ1v) is 6.43. The van der Waals surface area contributed by atoms with Crippen LogP contribution >= 0.6 is 0 Å². The Morgan fingerprint density at radius 3 is 2.18 bits per heavy atom. The number of carbonyl (C=O) groups excluding carboxylic acids is 2. The number of unbranched alkanes of at least 4 members (excludes halogenated alkanes) is 3. The van der Waals surface area contributed by atoms with Crippen molar-refractivity contribution in [3.05, 3.63) is 0 Å². The molecule has 0 atom stereocenters. The van der Waals surface area contributed by atoms with E-state index in [9.17, 15) is 9.59 Å². The van der Waals surface area contributed by atoms with Crippen molar-refractivity contribution < 1.29 is 9.59 Å². The monoisotopic (exact) mass is 243 g/mol. The molecule has 0 aliphatic heterocycles. The molecule has 0 aromatic carbocycles. The van der Waals surface area contributed by atoms with Crippen LogP contribution in [0.4, 0.5) is 4.79 Å². The molecule has 0 unspecified atom stereocenters. The zero-order valence-corrected chi connectivity index (χ0v) is 11.0. The molecule has 3 amide bonds. The van der Waals surface area contributed by atoms with Gasteiger partial charge in [-0.05, 0) is 25.7 Å². The summed E-state index contributed by atoms with van der Waals surface area (Å²) in [5.41, 5.74) is 0. The minimum absolute atomic E-state index is 0.141. The van der Waals surface area contributed by atoms with Crippen molar-refractivity contribution in [2.75, 3.05) is 20.1 Å². The summed E-state index contributed by atoms with van der Waals surface area (Å²) in [5, 5.41) is 8.11. The second kappa shape index (κ2) is 11.2. The van der Waals surface area contributed by atoms with Gasteiger partial charge in [-0.3, -0.25) is 4.79 Å². The van der Waals surface area contributed by atoms with Crippen molar-refractivity contribution >= 4 is 11.9 Å². The molecule has 5 nitrogen and oxygen atoms in total. The van der Waals surface area contributed by atoms with Gasteiger partial charge in [-0.15, -0.1) is 0 Å². The van der Waals surface area contributed by atoms with Crippen LogP contribution in [0.25, 0.3) is 0 Å². The van der Waals surface area contributed by atoms with Crippen molar-refractivity contribution in [2.24, 2.45) is 0 Å². The standard InChI is InChI=1S/C12H25N3O2/c1-3-4-8-11(16)14-9-6-5-7-10-15-12(17)13-2/h3-10H2,1-2H3,(H,14,16)(H2,13,15,17). The molecular weight excluding hydrogens is 218 g/mol. The minimum Gasteiger partial charge on any atom is -0.356 e. The second-order valence-corrected chi connectivity index (χ2v) is 4.02. The fourth-order valence-electron chi connectivity index (χ4n) is 1.37. The predicted octanol–water partition coefficient (Wildman–Crippen LogP) is 1.39. The third-order valence-electron chi connectivity index (χ3n) is 2.45. The molecule has 3 N–H and O–H groups in total. The number of nitrogens with one attached hydrogen (secondary N) is 3. The van der Waals surface area contributed by atoms with Crippen LogP contribution in [-0.4, -0.2) is 32.1 Å². The van der Waals surface area contributed by atoms with Gasteiger partial charge in [0, 0.05) is 26.6 Å². The van der Waals surface area contributed by atoms with Gasteiger partial charge in [0.1, 0.15) is 0 Å². The van der Waals surface area contributed by atoms with Crippen molar-refractivity contribution in [1.29, 1.82) is 0 Å². The average molecular weight is 243 g/mol. The Hall–Kier alpha value is -1.26. The fraction of sp³-hybridized carbons (Fsp3) is 0.833. The largest absolute Gasteiger partial charge is 0.356 e. The Labute approximate surface area is 104 Å². The number of carbonyl (C=O) groups is 2. The van der Waals surface area contributed by atoms with Crippen molar-refractivity contribution in [3.63, 3.8) is 0 Å². The summed E-state index contributed by atoms with van der Waals surface area (Å²) < 4.78 is 0. The molecule has 100 valence electrons. The quantitative estimate of drug-likeness (QED) is 0.536. The highest BCUT2D eigenvalue weighted by Gasteiger charge is 1.99. The van der Waals surface area contributed by atoms with Gasteiger partial charge in [0.25, 0.3) is 0 Å². The van der Waals surface area contributed by atoms with E-state index in [1.165, 1.54) is 0 Å². The van der Waals surface area contributed by atoms with Crippen molar-refractivity contribution in [1.82, 2.24) is 16.0 Å². The highest BCUT2D eigenvalue weighted by Crippen LogP contribution is 1.95. The first-order valence-electron chi connectivity index (χ1n) is 6.43. The highest BCUT2D eigenvalue weighted by atomic mass is 16.2. The second-order valence-electron chi connectivity index (χ2n) is 4.02.